The minimum absolute atomic E-state index is 0.0450. The molecule has 1 atom stereocenters. The highest BCUT2D eigenvalue weighted by Gasteiger charge is 2.26. The summed E-state index contributed by atoms with van der Waals surface area (Å²) in [5.41, 5.74) is 0.511. The second-order valence-corrected chi connectivity index (χ2v) is 6.52. The lowest BCUT2D eigenvalue weighted by Gasteiger charge is -2.32. The molecule has 1 N–H and O–H groups in total. The molecule has 1 saturated heterocycles. The number of nitrogens with one attached hydrogen (secondary N) is 1. The van der Waals surface area contributed by atoms with E-state index in [0.29, 0.717) is 43.4 Å². The van der Waals surface area contributed by atoms with Crippen molar-refractivity contribution in [2.24, 2.45) is 5.92 Å². The molecule has 1 fully saturated rings. The summed E-state index contributed by atoms with van der Waals surface area (Å²) in [6, 6.07) is 4.73. The zero-order valence-corrected chi connectivity index (χ0v) is 14.9. The first kappa shape index (κ1) is 19.2. The Morgan fingerprint density at radius 2 is 2.33 bits per heavy atom. The van der Waals surface area contributed by atoms with Crippen LogP contribution in [0.5, 0.6) is 0 Å². The Hall–Kier alpha value is -1.17. The van der Waals surface area contributed by atoms with E-state index in [1.165, 1.54) is 6.07 Å². The van der Waals surface area contributed by atoms with Gasteiger partial charge >= 0.3 is 0 Å². The van der Waals surface area contributed by atoms with Gasteiger partial charge in [-0.3, -0.25) is 9.69 Å². The first-order chi connectivity index (χ1) is 11.6. The Morgan fingerprint density at radius 1 is 1.50 bits per heavy atom. The van der Waals surface area contributed by atoms with Gasteiger partial charge in [0.1, 0.15) is 5.82 Å². The third kappa shape index (κ3) is 5.72. The SMILES string of the molecule is CCOCCCNC(=O)C1CCCN(Cc2c(F)cccc2Cl)C1. The lowest BCUT2D eigenvalue weighted by Crippen LogP contribution is -2.43. The van der Waals surface area contributed by atoms with Crippen LogP contribution in [0, 0.1) is 11.7 Å². The molecule has 0 aromatic heterocycles. The molecule has 1 aromatic rings. The summed E-state index contributed by atoms with van der Waals surface area (Å²) in [6.07, 6.45) is 2.63. The van der Waals surface area contributed by atoms with E-state index in [4.69, 9.17) is 16.3 Å². The normalized spacial score (nSPS) is 18.5. The predicted octanol–water partition coefficient (Wildman–Crippen LogP) is 3.23. The van der Waals surface area contributed by atoms with Crippen molar-refractivity contribution < 1.29 is 13.9 Å². The molecule has 2 rings (SSSR count). The first-order valence-electron chi connectivity index (χ1n) is 8.62. The zero-order valence-electron chi connectivity index (χ0n) is 14.2. The first-order valence-corrected chi connectivity index (χ1v) is 9.00. The van der Waals surface area contributed by atoms with E-state index in [2.05, 4.69) is 10.2 Å². The standard InChI is InChI=1S/C18H26ClFN2O2/c1-2-24-11-5-9-21-18(23)14-6-4-10-22(12-14)13-15-16(19)7-3-8-17(15)20/h3,7-8,14H,2,4-6,9-13H2,1H3,(H,21,23). The van der Waals surface area contributed by atoms with Crippen LogP contribution in [-0.2, 0) is 16.1 Å². The number of carbonyl (C=O) groups excluding carboxylic acids is 1. The molecule has 6 heteroatoms. The van der Waals surface area contributed by atoms with Crippen LogP contribution in [0.1, 0.15) is 31.7 Å². The van der Waals surface area contributed by atoms with Crippen molar-refractivity contribution in [1.82, 2.24) is 10.2 Å². The summed E-state index contributed by atoms with van der Waals surface area (Å²) in [4.78, 5) is 14.4. The fraction of sp³-hybridized carbons (Fsp3) is 0.611. The smallest absolute Gasteiger partial charge is 0.224 e. The highest BCUT2D eigenvalue weighted by atomic mass is 35.5. The van der Waals surface area contributed by atoms with E-state index in [9.17, 15) is 9.18 Å². The summed E-state index contributed by atoms with van der Waals surface area (Å²) in [6.45, 7) is 5.90. The summed E-state index contributed by atoms with van der Waals surface area (Å²) in [5.74, 6) is -0.253. The molecule has 1 unspecified atom stereocenters. The van der Waals surface area contributed by atoms with E-state index >= 15 is 0 Å². The van der Waals surface area contributed by atoms with E-state index in [1.54, 1.807) is 12.1 Å². The van der Waals surface area contributed by atoms with Crippen LogP contribution in [0.2, 0.25) is 5.02 Å². The van der Waals surface area contributed by atoms with Gasteiger partial charge in [0.25, 0.3) is 0 Å². The summed E-state index contributed by atoms with van der Waals surface area (Å²) < 4.78 is 19.2. The molecule has 1 aliphatic rings. The van der Waals surface area contributed by atoms with Crippen molar-refractivity contribution >= 4 is 17.5 Å². The van der Waals surface area contributed by atoms with E-state index < -0.39 is 0 Å². The van der Waals surface area contributed by atoms with Gasteiger partial charge in [-0.1, -0.05) is 17.7 Å². The number of piperidine rings is 1. The van der Waals surface area contributed by atoms with Gasteiger partial charge in [-0.15, -0.1) is 0 Å². The van der Waals surface area contributed by atoms with E-state index in [0.717, 1.165) is 25.8 Å². The average molecular weight is 357 g/mol. The number of rotatable bonds is 8. The maximum Gasteiger partial charge on any atom is 0.224 e. The van der Waals surface area contributed by atoms with Crippen molar-refractivity contribution in [3.8, 4) is 0 Å². The van der Waals surface area contributed by atoms with Crippen molar-refractivity contribution in [1.29, 1.82) is 0 Å². The van der Waals surface area contributed by atoms with Crippen molar-refractivity contribution in [3.05, 3.63) is 34.6 Å². The maximum atomic E-state index is 13.9. The summed E-state index contributed by atoms with van der Waals surface area (Å²) in [5, 5.41) is 3.41. The number of carbonyl (C=O) groups is 1. The fourth-order valence-corrected chi connectivity index (χ4v) is 3.22. The molecule has 4 nitrogen and oxygen atoms in total. The number of amides is 1. The predicted molar refractivity (Wildman–Crippen MR) is 93.5 cm³/mol. The number of nitrogens with zero attached hydrogens (tertiary/aromatic N) is 1. The molecule has 1 aromatic carbocycles. The Labute approximate surface area is 148 Å². The summed E-state index contributed by atoms with van der Waals surface area (Å²) in [7, 11) is 0. The van der Waals surface area contributed by atoms with Gasteiger partial charge in [0, 0.05) is 43.4 Å². The minimum atomic E-state index is -0.287. The number of hydrogen-bond acceptors (Lipinski definition) is 3. The Kier molecular flexibility index (Phi) is 7.95. The van der Waals surface area contributed by atoms with Gasteiger partial charge in [-0.05, 0) is 44.9 Å². The molecular weight excluding hydrogens is 331 g/mol. The van der Waals surface area contributed by atoms with Gasteiger partial charge in [-0.2, -0.15) is 0 Å². The average Bonchev–Trinajstić information content (AvgIpc) is 2.58. The number of hydrogen-bond donors (Lipinski definition) is 1. The number of benzene rings is 1. The fourth-order valence-electron chi connectivity index (χ4n) is 2.99. The molecule has 0 spiro atoms. The van der Waals surface area contributed by atoms with Crippen LogP contribution in [0.4, 0.5) is 4.39 Å². The minimum Gasteiger partial charge on any atom is -0.382 e. The highest BCUT2D eigenvalue weighted by molar-refractivity contribution is 6.31. The van der Waals surface area contributed by atoms with Crippen molar-refractivity contribution in [3.63, 3.8) is 0 Å². The molecule has 134 valence electrons. The van der Waals surface area contributed by atoms with Crippen molar-refractivity contribution in [2.75, 3.05) is 32.8 Å². The van der Waals surface area contributed by atoms with E-state index in [1.807, 2.05) is 6.92 Å². The topological polar surface area (TPSA) is 41.6 Å². The third-order valence-corrected chi connectivity index (χ3v) is 4.64. The molecule has 24 heavy (non-hydrogen) atoms. The molecule has 0 saturated carbocycles. The van der Waals surface area contributed by atoms with Crippen LogP contribution in [0.25, 0.3) is 0 Å². The maximum absolute atomic E-state index is 13.9. The molecule has 1 heterocycles. The zero-order chi connectivity index (χ0) is 17.4. The highest BCUT2D eigenvalue weighted by Crippen LogP contribution is 2.24. The number of likely N-dealkylation sites (tertiary alicyclic amines) is 1. The molecule has 0 aliphatic carbocycles. The second-order valence-electron chi connectivity index (χ2n) is 6.12. The Balaban J connectivity index is 1.82. The van der Waals surface area contributed by atoms with Gasteiger partial charge in [0.2, 0.25) is 5.91 Å². The molecule has 1 aliphatic heterocycles. The van der Waals surface area contributed by atoms with E-state index in [-0.39, 0.29) is 17.6 Å². The Bertz CT molecular complexity index is 522. The van der Waals surface area contributed by atoms with Crippen LogP contribution in [-0.4, -0.2) is 43.7 Å². The van der Waals surface area contributed by atoms with Crippen LogP contribution >= 0.6 is 11.6 Å². The largest absolute Gasteiger partial charge is 0.382 e. The van der Waals surface area contributed by atoms with Crippen molar-refractivity contribution in [2.45, 2.75) is 32.7 Å². The lowest BCUT2D eigenvalue weighted by molar-refractivity contribution is -0.126. The number of ether oxygens (including phenoxy) is 1. The molecular formula is C18H26ClFN2O2. The van der Waals surface area contributed by atoms with Gasteiger partial charge in [0.15, 0.2) is 0 Å². The Morgan fingerprint density at radius 3 is 3.08 bits per heavy atom. The van der Waals surface area contributed by atoms with Gasteiger partial charge < -0.3 is 10.1 Å². The lowest BCUT2D eigenvalue weighted by atomic mass is 9.96. The second kappa shape index (κ2) is 9.97. The quantitative estimate of drug-likeness (QED) is 0.727. The van der Waals surface area contributed by atoms with Crippen LogP contribution < -0.4 is 5.32 Å². The van der Waals surface area contributed by atoms with Crippen LogP contribution in [0.3, 0.4) is 0 Å². The van der Waals surface area contributed by atoms with Crippen LogP contribution in [0.15, 0.2) is 18.2 Å². The van der Waals surface area contributed by atoms with Gasteiger partial charge in [0.05, 0.1) is 5.92 Å². The summed E-state index contributed by atoms with van der Waals surface area (Å²) >= 11 is 6.10. The third-order valence-electron chi connectivity index (χ3n) is 4.29. The molecule has 0 radical (unpaired) electrons. The molecule has 1 amide bonds. The number of halogens is 2. The van der Waals surface area contributed by atoms with Gasteiger partial charge in [-0.25, -0.2) is 4.39 Å². The monoisotopic (exact) mass is 356 g/mol. The molecule has 0 bridgehead atoms.